The summed E-state index contributed by atoms with van der Waals surface area (Å²) >= 11 is 3.37. The highest BCUT2D eigenvalue weighted by molar-refractivity contribution is 9.10. The molecule has 1 amide bonds. The molecule has 0 unspecified atom stereocenters. The molecule has 70 valence electrons. The van der Waals surface area contributed by atoms with Crippen LogP contribution in [0.5, 0.6) is 0 Å². The molecule has 0 aliphatic heterocycles. The van der Waals surface area contributed by atoms with E-state index in [9.17, 15) is 4.79 Å². The molecule has 0 aromatic heterocycles. The summed E-state index contributed by atoms with van der Waals surface area (Å²) in [5.41, 5.74) is 11.6. The van der Waals surface area contributed by atoms with E-state index in [0.717, 1.165) is 10.0 Å². The Morgan fingerprint density at radius 3 is 2.62 bits per heavy atom. The first-order valence-electron chi connectivity index (χ1n) is 3.89. The summed E-state index contributed by atoms with van der Waals surface area (Å²) in [6.07, 6.45) is 0.469. The maximum absolute atomic E-state index is 10.7. The molecule has 1 aromatic rings. The van der Waals surface area contributed by atoms with E-state index in [1.54, 1.807) is 0 Å². The SMILES string of the molecule is NC(=O)[C@@H](N)Cc1ccccc1Br. The number of nitrogens with two attached hydrogens (primary N) is 2. The van der Waals surface area contributed by atoms with E-state index in [4.69, 9.17) is 11.5 Å². The summed E-state index contributed by atoms with van der Waals surface area (Å²) in [4.78, 5) is 10.7. The molecule has 0 aliphatic carbocycles. The summed E-state index contributed by atoms with van der Waals surface area (Å²) in [6.45, 7) is 0. The molecular formula is C9H11BrN2O. The number of carbonyl (C=O) groups is 1. The number of benzene rings is 1. The van der Waals surface area contributed by atoms with Gasteiger partial charge in [-0.15, -0.1) is 0 Å². The molecule has 4 N–H and O–H groups in total. The second-order valence-electron chi connectivity index (χ2n) is 2.80. The van der Waals surface area contributed by atoms with Crippen LogP contribution in [0.15, 0.2) is 28.7 Å². The normalized spacial score (nSPS) is 12.5. The lowest BCUT2D eigenvalue weighted by molar-refractivity contribution is -0.119. The highest BCUT2D eigenvalue weighted by atomic mass is 79.9. The zero-order chi connectivity index (χ0) is 9.84. The lowest BCUT2D eigenvalue weighted by atomic mass is 10.1. The number of carbonyl (C=O) groups excluding carboxylic acids is 1. The van der Waals surface area contributed by atoms with Gasteiger partial charge in [-0.25, -0.2) is 0 Å². The average molecular weight is 243 g/mol. The van der Waals surface area contributed by atoms with Crippen molar-refractivity contribution >= 4 is 21.8 Å². The molecule has 1 aromatic carbocycles. The van der Waals surface area contributed by atoms with E-state index in [2.05, 4.69) is 15.9 Å². The molecule has 3 nitrogen and oxygen atoms in total. The van der Waals surface area contributed by atoms with E-state index in [-0.39, 0.29) is 0 Å². The van der Waals surface area contributed by atoms with Crippen LogP contribution in [0.3, 0.4) is 0 Å². The van der Waals surface area contributed by atoms with E-state index in [1.807, 2.05) is 24.3 Å². The summed E-state index contributed by atoms with van der Waals surface area (Å²) in [7, 11) is 0. The molecule has 4 heteroatoms. The van der Waals surface area contributed by atoms with Gasteiger partial charge in [0.25, 0.3) is 0 Å². The van der Waals surface area contributed by atoms with Crippen molar-refractivity contribution in [3.8, 4) is 0 Å². The predicted octanol–water partition coefficient (Wildman–Crippen LogP) is 0.804. The first kappa shape index (κ1) is 10.2. The van der Waals surface area contributed by atoms with Crippen molar-refractivity contribution in [1.82, 2.24) is 0 Å². The molecule has 0 radical (unpaired) electrons. The molecule has 0 bridgehead atoms. The zero-order valence-electron chi connectivity index (χ0n) is 7.03. The van der Waals surface area contributed by atoms with Crippen molar-refractivity contribution < 1.29 is 4.79 Å². The van der Waals surface area contributed by atoms with Crippen LogP contribution in [0.1, 0.15) is 5.56 Å². The van der Waals surface area contributed by atoms with E-state index in [0.29, 0.717) is 6.42 Å². The predicted molar refractivity (Wildman–Crippen MR) is 55.0 cm³/mol. The quantitative estimate of drug-likeness (QED) is 0.824. The van der Waals surface area contributed by atoms with E-state index >= 15 is 0 Å². The molecule has 1 rings (SSSR count). The smallest absolute Gasteiger partial charge is 0.234 e. The molecule has 0 spiro atoms. The van der Waals surface area contributed by atoms with Gasteiger partial charge in [-0.05, 0) is 18.1 Å². The monoisotopic (exact) mass is 242 g/mol. The number of amides is 1. The maximum Gasteiger partial charge on any atom is 0.234 e. The molecule has 13 heavy (non-hydrogen) atoms. The third kappa shape index (κ3) is 2.82. The first-order chi connectivity index (χ1) is 6.11. The number of hydrogen-bond donors (Lipinski definition) is 2. The van der Waals surface area contributed by atoms with Crippen LogP contribution in [0, 0.1) is 0 Å². The van der Waals surface area contributed by atoms with Gasteiger partial charge in [-0.3, -0.25) is 4.79 Å². The van der Waals surface area contributed by atoms with Crippen LogP contribution in [0.2, 0.25) is 0 Å². The second-order valence-corrected chi connectivity index (χ2v) is 3.66. The van der Waals surface area contributed by atoms with Crippen LogP contribution in [-0.4, -0.2) is 11.9 Å². The highest BCUT2D eigenvalue weighted by Crippen LogP contribution is 2.16. The van der Waals surface area contributed by atoms with Gasteiger partial charge >= 0.3 is 0 Å². The van der Waals surface area contributed by atoms with Crippen LogP contribution < -0.4 is 11.5 Å². The van der Waals surface area contributed by atoms with Gasteiger partial charge in [-0.1, -0.05) is 34.1 Å². The number of primary amides is 1. The molecule has 0 aliphatic rings. The van der Waals surface area contributed by atoms with E-state index in [1.165, 1.54) is 0 Å². The average Bonchev–Trinajstić information content (AvgIpc) is 2.08. The molecular weight excluding hydrogens is 232 g/mol. The van der Waals surface area contributed by atoms with Gasteiger partial charge < -0.3 is 11.5 Å². The number of hydrogen-bond acceptors (Lipinski definition) is 2. The third-order valence-corrected chi connectivity index (χ3v) is 2.54. The molecule has 0 saturated heterocycles. The van der Waals surface area contributed by atoms with Gasteiger partial charge in [0.1, 0.15) is 0 Å². The van der Waals surface area contributed by atoms with Crippen LogP contribution in [0.4, 0.5) is 0 Å². The van der Waals surface area contributed by atoms with Gasteiger partial charge in [0, 0.05) is 4.47 Å². The largest absolute Gasteiger partial charge is 0.368 e. The van der Waals surface area contributed by atoms with Crippen molar-refractivity contribution in [1.29, 1.82) is 0 Å². The lowest BCUT2D eigenvalue weighted by Crippen LogP contribution is -2.38. The maximum atomic E-state index is 10.7. The van der Waals surface area contributed by atoms with Gasteiger partial charge in [-0.2, -0.15) is 0 Å². The minimum Gasteiger partial charge on any atom is -0.368 e. The minimum absolute atomic E-state index is 0.469. The van der Waals surface area contributed by atoms with E-state index < -0.39 is 11.9 Å². The Bertz CT molecular complexity index is 314. The third-order valence-electron chi connectivity index (χ3n) is 1.76. The Kier molecular flexibility index (Phi) is 3.45. The summed E-state index contributed by atoms with van der Waals surface area (Å²) < 4.78 is 0.951. The van der Waals surface area contributed by atoms with Crippen LogP contribution in [-0.2, 0) is 11.2 Å². The first-order valence-corrected chi connectivity index (χ1v) is 4.69. The Balaban J connectivity index is 2.74. The number of halogens is 1. The van der Waals surface area contributed by atoms with Gasteiger partial charge in [0.2, 0.25) is 5.91 Å². The fourth-order valence-corrected chi connectivity index (χ4v) is 1.45. The molecule has 0 saturated carbocycles. The van der Waals surface area contributed by atoms with Crippen LogP contribution in [0.25, 0.3) is 0 Å². The Labute approximate surface area is 85.2 Å². The Morgan fingerprint density at radius 2 is 2.08 bits per heavy atom. The van der Waals surface area contributed by atoms with Crippen LogP contribution >= 0.6 is 15.9 Å². The van der Waals surface area contributed by atoms with Crippen molar-refractivity contribution in [2.24, 2.45) is 11.5 Å². The summed E-state index contributed by atoms with van der Waals surface area (Å²) in [5, 5.41) is 0. The van der Waals surface area contributed by atoms with Crippen molar-refractivity contribution in [3.05, 3.63) is 34.3 Å². The fraction of sp³-hybridized carbons (Fsp3) is 0.222. The standard InChI is InChI=1S/C9H11BrN2O/c10-7-4-2-1-3-6(7)5-8(11)9(12)13/h1-4,8H,5,11H2,(H2,12,13)/t8-/m0/s1. The molecule has 0 heterocycles. The second kappa shape index (κ2) is 4.39. The lowest BCUT2D eigenvalue weighted by Gasteiger charge is -2.08. The minimum atomic E-state index is -0.612. The number of rotatable bonds is 3. The van der Waals surface area contributed by atoms with Crippen molar-refractivity contribution in [2.45, 2.75) is 12.5 Å². The molecule has 0 fully saturated rings. The van der Waals surface area contributed by atoms with Crippen molar-refractivity contribution in [3.63, 3.8) is 0 Å². The highest BCUT2D eigenvalue weighted by Gasteiger charge is 2.11. The van der Waals surface area contributed by atoms with Gasteiger partial charge in [0.15, 0.2) is 0 Å². The Hall–Kier alpha value is -0.870. The Morgan fingerprint density at radius 1 is 1.46 bits per heavy atom. The summed E-state index contributed by atoms with van der Waals surface area (Å²) in [5.74, 6) is -0.476. The topological polar surface area (TPSA) is 69.1 Å². The summed E-state index contributed by atoms with van der Waals surface area (Å²) in [6, 6.07) is 7.01. The van der Waals surface area contributed by atoms with Gasteiger partial charge in [0.05, 0.1) is 6.04 Å². The van der Waals surface area contributed by atoms with Crippen molar-refractivity contribution in [2.75, 3.05) is 0 Å². The fourth-order valence-electron chi connectivity index (χ4n) is 1.00. The molecule has 1 atom stereocenters. The zero-order valence-corrected chi connectivity index (χ0v) is 8.62.